The van der Waals surface area contributed by atoms with Gasteiger partial charge in [0.15, 0.2) is 0 Å². The Bertz CT molecular complexity index is 894. The maximum Gasteiger partial charge on any atom is 0.248 e. The molecule has 158 valence electrons. The normalized spacial score (nSPS) is 22.8. The number of allylic oxidation sites excluding steroid dienone is 1. The molecule has 7 heteroatoms. The molecule has 1 aromatic heterocycles. The quantitative estimate of drug-likeness (QED) is 0.751. The largest absolute Gasteiger partial charge is 0.395 e. The van der Waals surface area contributed by atoms with Crippen LogP contribution in [0.1, 0.15) is 29.5 Å². The second-order valence-electron chi connectivity index (χ2n) is 8.06. The first-order valence-corrected chi connectivity index (χ1v) is 10.2. The number of nitrogens with zero attached hydrogens (tertiary/aromatic N) is 4. The molecular weight excluding hydrogens is 380 g/mol. The monoisotopic (exact) mass is 408 g/mol. The van der Waals surface area contributed by atoms with Crippen LogP contribution in [0.4, 0.5) is 0 Å². The fourth-order valence-corrected chi connectivity index (χ4v) is 4.98. The molecule has 2 atom stereocenters. The molecule has 1 aromatic carbocycles. The number of ether oxygens (including phenoxy) is 1. The highest BCUT2D eigenvalue weighted by molar-refractivity contribution is 5.79. The van der Waals surface area contributed by atoms with E-state index in [0.29, 0.717) is 19.6 Å². The molecule has 0 bridgehead atoms. The lowest BCUT2D eigenvalue weighted by atomic mass is 9.60. The fraction of sp³-hybridized carbons (Fsp3) is 0.435. The number of aromatic nitrogens is 2. The maximum absolute atomic E-state index is 12.3. The van der Waals surface area contributed by atoms with Gasteiger partial charge in [0.05, 0.1) is 12.1 Å². The van der Waals surface area contributed by atoms with Gasteiger partial charge in [0.25, 0.3) is 0 Å². The minimum absolute atomic E-state index is 0.000693. The Hall–Kier alpha value is -2.61. The number of likely N-dealkylation sites (tertiary alicyclic amines) is 2. The van der Waals surface area contributed by atoms with Crippen molar-refractivity contribution in [2.75, 3.05) is 33.4 Å². The third-order valence-corrected chi connectivity index (χ3v) is 6.29. The zero-order chi connectivity index (χ0) is 21.1. The predicted molar refractivity (Wildman–Crippen MR) is 114 cm³/mol. The summed E-state index contributed by atoms with van der Waals surface area (Å²) in [4.78, 5) is 24.7. The molecule has 1 spiro atoms. The van der Waals surface area contributed by atoms with E-state index >= 15 is 0 Å². The number of amides is 1. The first-order valence-electron chi connectivity index (χ1n) is 10.2. The molecule has 2 aliphatic rings. The zero-order valence-electron chi connectivity index (χ0n) is 17.4. The van der Waals surface area contributed by atoms with E-state index < -0.39 is 0 Å². The second-order valence-corrected chi connectivity index (χ2v) is 8.06. The van der Waals surface area contributed by atoms with Crippen LogP contribution in [0, 0.1) is 0 Å². The molecule has 0 unspecified atom stereocenters. The van der Waals surface area contributed by atoms with Crippen molar-refractivity contribution >= 4 is 12.0 Å². The number of aliphatic hydroxyl groups is 1. The summed E-state index contributed by atoms with van der Waals surface area (Å²) in [6.07, 6.45) is 9.22. The van der Waals surface area contributed by atoms with Gasteiger partial charge in [-0.1, -0.05) is 36.4 Å². The van der Waals surface area contributed by atoms with E-state index in [0.717, 1.165) is 11.1 Å². The highest BCUT2D eigenvalue weighted by Gasteiger charge is 2.66. The average molecular weight is 409 g/mol. The average Bonchev–Trinajstić information content (AvgIpc) is 2.72. The van der Waals surface area contributed by atoms with Crippen LogP contribution in [-0.2, 0) is 16.1 Å². The van der Waals surface area contributed by atoms with Crippen molar-refractivity contribution in [3.63, 3.8) is 0 Å². The van der Waals surface area contributed by atoms with Gasteiger partial charge in [-0.05, 0) is 18.1 Å². The van der Waals surface area contributed by atoms with E-state index in [1.165, 1.54) is 19.0 Å². The maximum atomic E-state index is 12.3. The summed E-state index contributed by atoms with van der Waals surface area (Å²) >= 11 is 0. The SMILES string of the molecule is C/C=C/c1ccc([C@H]2[C@@H](CO)N(Cc3cncnc3)C23CN(C(=O)COC)C3)cc1. The second kappa shape index (κ2) is 8.63. The summed E-state index contributed by atoms with van der Waals surface area (Å²) in [6, 6.07) is 8.49. The van der Waals surface area contributed by atoms with Crippen molar-refractivity contribution in [3.8, 4) is 0 Å². The summed E-state index contributed by atoms with van der Waals surface area (Å²) < 4.78 is 5.02. The fourth-order valence-electron chi connectivity index (χ4n) is 4.98. The third kappa shape index (κ3) is 3.53. The van der Waals surface area contributed by atoms with Crippen molar-refractivity contribution in [2.24, 2.45) is 0 Å². The number of benzene rings is 1. The minimum atomic E-state index is -0.200. The molecule has 30 heavy (non-hydrogen) atoms. The highest BCUT2D eigenvalue weighted by atomic mass is 16.5. The molecule has 2 aliphatic heterocycles. The summed E-state index contributed by atoms with van der Waals surface area (Å²) in [5, 5.41) is 10.2. The highest BCUT2D eigenvalue weighted by Crippen LogP contribution is 2.54. The van der Waals surface area contributed by atoms with Gasteiger partial charge >= 0.3 is 0 Å². The summed E-state index contributed by atoms with van der Waals surface area (Å²) in [7, 11) is 1.54. The summed E-state index contributed by atoms with van der Waals surface area (Å²) in [6.45, 7) is 4.05. The van der Waals surface area contributed by atoms with Crippen LogP contribution in [-0.4, -0.2) is 75.8 Å². The number of hydrogen-bond acceptors (Lipinski definition) is 6. The zero-order valence-corrected chi connectivity index (χ0v) is 17.4. The molecule has 1 N–H and O–H groups in total. The van der Waals surface area contributed by atoms with E-state index in [9.17, 15) is 9.90 Å². The Morgan fingerprint density at radius 1 is 1.27 bits per heavy atom. The Morgan fingerprint density at radius 3 is 2.57 bits per heavy atom. The van der Waals surface area contributed by atoms with Gasteiger partial charge < -0.3 is 14.7 Å². The minimum Gasteiger partial charge on any atom is -0.395 e. The van der Waals surface area contributed by atoms with E-state index in [-0.39, 0.29) is 36.6 Å². The lowest BCUT2D eigenvalue weighted by molar-refractivity contribution is -0.201. The Kier molecular flexibility index (Phi) is 5.94. The van der Waals surface area contributed by atoms with Crippen molar-refractivity contribution in [2.45, 2.75) is 31.0 Å². The van der Waals surface area contributed by atoms with Crippen molar-refractivity contribution in [3.05, 3.63) is 65.8 Å². The third-order valence-electron chi connectivity index (χ3n) is 6.29. The molecule has 4 rings (SSSR count). The lowest BCUT2D eigenvalue weighted by Gasteiger charge is -2.70. The molecule has 2 fully saturated rings. The van der Waals surface area contributed by atoms with Crippen LogP contribution in [0.3, 0.4) is 0 Å². The number of methoxy groups -OCH3 is 1. The van der Waals surface area contributed by atoms with Gasteiger partial charge in [0.1, 0.15) is 12.9 Å². The topological polar surface area (TPSA) is 78.8 Å². The van der Waals surface area contributed by atoms with E-state index in [4.69, 9.17) is 4.74 Å². The molecule has 0 radical (unpaired) electrons. The van der Waals surface area contributed by atoms with Gasteiger partial charge in [-0.15, -0.1) is 0 Å². The van der Waals surface area contributed by atoms with E-state index in [1.807, 2.05) is 17.9 Å². The van der Waals surface area contributed by atoms with E-state index in [2.05, 4.69) is 45.2 Å². The number of rotatable bonds is 7. The molecular formula is C23H28N4O3. The lowest BCUT2D eigenvalue weighted by Crippen LogP contribution is -2.84. The number of hydrogen-bond donors (Lipinski definition) is 1. The Labute approximate surface area is 177 Å². The number of aliphatic hydroxyl groups excluding tert-OH is 1. The molecule has 0 aliphatic carbocycles. The molecule has 0 saturated carbocycles. The van der Waals surface area contributed by atoms with Crippen LogP contribution in [0.25, 0.3) is 6.08 Å². The van der Waals surface area contributed by atoms with Gasteiger partial charge in [-0.25, -0.2) is 9.97 Å². The number of carbonyl (C=O) groups is 1. The van der Waals surface area contributed by atoms with Gasteiger partial charge in [-0.3, -0.25) is 9.69 Å². The van der Waals surface area contributed by atoms with E-state index in [1.54, 1.807) is 12.4 Å². The van der Waals surface area contributed by atoms with Crippen LogP contribution >= 0.6 is 0 Å². The summed E-state index contributed by atoms with van der Waals surface area (Å²) in [5.41, 5.74) is 3.15. The standard InChI is InChI=1S/C23H28N4O3/c1-3-4-17-5-7-19(8-6-17)22-20(12-28)27(11-18-9-24-16-25-10-18)23(22)14-26(15-23)21(29)13-30-2/h3-10,16,20,22,28H,11-15H2,1-2H3/b4-3+/t20-,22+/m1/s1. The van der Waals surface area contributed by atoms with Crippen molar-refractivity contribution in [1.29, 1.82) is 0 Å². The predicted octanol–water partition coefficient (Wildman–Crippen LogP) is 1.70. The van der Waals surface area contributed by atoms with Crippen LogP contribution < -0.4 is 0 Å². The van der Waals surface area contributed by atoms with Gasteiger partial charge in [0, 0.05) is 56.7 Å². The number of carbonyl (C=O) groups excluding carboxylic acids is 1. The van der Waals surface area contributed by atoms with Crippen LogP contribution in [0.15, 0.2) is 49.1 Å². The van der Waals surface area contributed by atoms with Crippen molar-refractivity contribution < 1.29 is 14.6 Å². The molecule has 7 nitrogen and oxygen atoms in total. The molecule has 3 heterocycles. The van der Waals surface area contributed by atoms with Gasteiger partial charge in [0.2, 0.25) is 5.91 Å². The van der Waals surface area contributed by atoms with Crippen LogP contribution in [0.5, 0.6) is 0 Å². The van der Waals surface area contributed by atoms with Crippen LogP contribution in [0.2, 0.25) is 0 Å². The smallest absolute Gasteiger partial charge is 0.248 e. The molecule has 1 amide bonds. The summed E-state index contributed by atoms with van der Waals surface area (Å²) in [5.74, 6) is 0.152. The first-order chi connectivity index (χ1) is 14.6. The molecule has 2 saturated heterocycles. The Morgan fingerprint density at radius 2 is 1.97 bits per heavy atom. The molecule has 2 aromatic rings. The van der Waals surface area contributed by atoms with Gasteiger partial charge in [-0.2, -0.15) is 0 Å². The first kappa shape index (κ1) is 20.7. The Balaban J connectivity index is 1.61. The van der Waals surface area contributed by atoms with Crippen molar-refractivity contribution in [1.82, 2.24) is 19.8 Å².